The molecule has 0 spiro atoms. The van der Waals surface area contributed by atoms with Crippen molar-refractivity contribution in [3.8, 4) is 17.2 Å². The van der Waals surface area contributed by atoms with E-state index in [0.717, 1.165) is 5.56 Å². The average molecular weight is 414 g/mol. The van der Waals surface area contributed by atoms with Crippen LogP contribution in [-0.4, -0.2) is 13.5 Å². The summed E-state index contributed by atoms with van der Waals surface area (Å²) in [4.78, 5) is 0. The number of aryl methyl sites for hydroxylation is 1. The van der Waals surface area contributed by atoms with E-state index in [-0.39, 0.29) is 5.75 Å². The van der Waals surface area contributed by atoms with Gasteiger partial charge in [0.25, 0.3) is 0 Å². The molecule has 158 valence electrons. The second kappa shape index (κ2) is 9.70. The molecule has 0 aliphatic carbocycles. The van der Waals surface area contributed by atoms with Crippen LogP contribution in [0.1, 0.15) is 30.9 Å². The van der Waals surface area contributed by atoms with E-state index in [4.69, 9.17) is 9.47 Å². The number of hydrogen-bond acceptors (Lipinski definition) is 2. The maximum atomic E-state index is 14.1. The van der Waals surface area contributed by atoms with Gasteiger partial charge in [0.1, 0.15) is 11.5 Å². The number of halogens is 3. The predicted octanol–water partition coefficient (Wildman–Crippen LogP) is 7.17. The molecule has 3 aromatic carbocycles. The minimum absolute atomic E-state index is 0.130. The highest BCUT2D eigenvalue weighted by atomic mass is 19.3. The summed E-state index contributed by atoms with van der Waals surface area (Å²) < 4.78 is 52.7. The minimum Gasteiger partial charge on any atom is -0.497 e. The van der Waals surface area contributed by atoms with Gasteiger partial charge < -0.3 is 9.47 Å². The van der Waals surface area contributed by atoms with Gasteiger partial charge in [-0.25, -0.2) is 13.2 Å². The fourth-order valence-corrected chi connectivity index (χ4v) is 3.41. The summed E-state index contributed by atoms with van der Waals surface area (Å²) in [5.74, 6) is 0.842. The minimum atomic E-state index is -2.50. The number of rotatable bonds is 9. The normalized spacial score (nSPS) is 13.1. The smallest absolute Gasteiger partial charge is 0.247 e. The maximum Gasteiger partial charge on any atom is 0.247 e. The zero-order chi connectivity index (χ0) is 21.6. The highest BCUT2D eigenvalue weighted by Gasteiger charge is 2.36. The molecule has 3 aromatic rings. The molecular formula is C25H25F3O2. The van der Waals surface area contributed by atoms with Crippen molar-refractivity contribution in [2.45, 2.75) is 38.0 Å². The molecule has 0 radical (unpaired) electrons. The third-order valence-corrected chi connectivity index (χ3v) is 5.36. The van der Waals surface area contributed by atoms with Gasteiger partial charge in [0.05, 0.1) is 12.5 Å². The highest BCUT2D eigenvalue weighted by molar-refractivity contribution is 5.36. The number of alkyl halides is 2. The van der Waals surface area contributed by atoms with Crippen LogP contribution < -0.4 is 9.47 Å². The van der Waals surface area contributed by atoms with Crippen LogP contribution in [0.3, 0.4) is 0 Å². The van der Waals surface area contributed by atoms with Gasteiger partial charge in [0.2, 0.25) is 6.43 Å². The van der Waals surface area contributed by atoms with E-state index in [0.29, 0.717) is 36.3 Å². The SMILES string of the molecule is COc1ccc(C(C)(CCCc2ccc(F)c(Oc3ccccc3)c2)C(F)F)cc1. The van der Waals surface area contributed by atoms with Crippen molar-refractivity contribution in [1.82, 2.24) is 0 Å². The van der Waals surface area contributed by atoms with Crippen LogP contribution in [0, 0.1) is 5.82 Å². The Morgan fingerprint density at radius 3 is 2.23 bits per heavy atom. The van der Waals surface area contributed by atoms with Crippen LogP contribution in [0.4, 0.5) is 13.2 Å². The van der Waals surface area contributed by atoms with Crippen molar-refractivity contribution in [2.24, 2.45) is 0 Å². The first-order valence-electron chi connectivity index (χ1n) is 9.86. The Labute approximate surface area is 175 Å². The van der Waals surface area contributed by atoms with Gasteiger partial charge in [-0.05, 0) is 66.8 Å². The Kier molecular flexibility index (Phi) is 7.03. The summed E-state index contributed by atoms with van der Waals surface area (Å²) in [5, 5.41) is 0. The van der Waals surface area contributed by atoms with Gasteiger partial charge in [-0.1, -0.05) is 43.3 Å². The molecule has 0 amide bonds. The summed E-state index contributed by atoms with van der Waals surface area (Å²) in [6.45, 7) is 1.58. The molecule has 0 aromatic heterocycles. The summed E-state index contributed by atoms with van der Waals surface area (Å²) >= 11 is 0. The second-order valence-electron chi connectivity index (χ2n) is 7.48. The number of methoxy groups -OCH3 is 1. The average Bonchev–Trinajstić information content (AvgIpc) is 2.76. The van der Waals surface area contributed by atoms with E-state index in [9.17, 15) is 13.2 Å². The molecule has 2 nitrogen and oxygen atoms in total. The van der Waals surface area contributed by atoms with Gasteiger partial charge in [0.15, 0.2) is 11.6 Å². The maximum absolute atomic E-state index is 14.1. The quantitative estimate of drug-likeness (QED) is 0.369. The van der Waals surface area contributed by atoms with E-state index in [1.54, 1.807) is 74.7 Å². The highest BCUT2D eigenvalue weighted by Crippen LogP contribution is 2.37. The summed E-state index contributed by atoms with van der Waals surface area (Å²) in [7, 11) is 1.54. The van der Waals surface area contributed by atoms with E-state index in [2.05, 4.69) is 0 Å². The molecular weight excluding hydrogens is 389 g/mol. The summed E-state index contributed by atoms with van der Waals surface area (Å²) in [6, 6.07) is 20.4. The van der Waals surface area contributed by atoms with Gasteiger partial charge in [-0.2, -0.15) is 0 Å². The van der Waals surface area contributed by atoms with Gasteiger partial charge in [-0.3, -0.25) is 0 Å². The van der Waals surface area contributed by atoms with E-state index < -0.39 is 17.7 Å². The lowest BCUT2D eigenvalue weighted by atomic mass is 9.78. The zero-order valence-electron chi connectivity index (χ0n) is 17.1. The molecule has 30 heavy (non-hydrogen) atoms. The first kappa shape index (κ1) is 21.8. The molecule has 0 heterocycles. The van der Waals surface area contributed by atoms with Crippen molar-refractivity contribution in [2.75, 3.05) is 7.11 Å². The van der Waals surface area contributed by atoms with Crippen LogP contribution in [0.2, 0.25) is 0 Å². The van der Waals surface area contributed by atoms with Crippen LogP contribution in [0.25, 0.3) is 0 Å². The van der Waals surface area contributed by atoms with Crippen LogP contribution in [0.15, 0.2) is 72.8 Å². The lowest BCUT2D eigenvalue weighted by Gasteiger charge is -2.29. The third kappa shape index (κ3) is 5.15. The van der Waals surface area contributed by atoms with Crippen LogP contribution in [-0.2, 0) is 11.8 Å². The zero-order valence-corrected chi connectivity index (χ0v) is 17.1. The van der Waals surface area contributed by atoms with Crippen LogP contribution >= 0.6 is 0 Å². The van der Waals surface area contributed by atoms with E-state index >= 15 is 0 Å². The van der Waals surface area contributed by atoms with Gasteiger partial charge in [-0.15, -0.1) is 0 Å². The third-order valence-electron chi connectivity index (χ3n) is 5.36. The van der Waals surface area contributed by atoms with E-state index in [1.807, 2.05) is 6.07 Å². The summed E-state index contributed by atoms with van der Waals surface area (Å²) in [6.07, 6.45) is -1.13. The Bertz CT molecular complexity index is 942. The lowest BCUT2D eigenvalue weighted by Crippen LogP contribution is -2.31. The van der Waals surface area contributed by atoms with Crippen LogP contribution in [0.5, 0.6) is 17.2 Å². The summed E-state index contributed by atoms with van der Waals surface area (Å²) in [5.41, 5.74) is 0.148. The van der Waals surface area contributed by atoms with E-state index in [1.165, 1.54) is 6.07 Å². The molecule has 1 atom stereocenters. The van der Waals surface area contributed by atoms with Crippen molar-refractivity contribution in [3.05, 3.63) is 89.7 Å². The fraction of sp³-hybridized carbons (Fsp3) is 0.280. The Balaban J connectivity index is 1.68. The second-order valence-corrected chi connectivity index (χ2v) is 7.48. The molecule has 5 heteroatoms. The monoisotopic (exact) mass is 414 g/mol. The van der Waals surface area contributed by atoms with Gasteiger partial charge in [0, 0.05) is 0 Å². The van der Waals surface area contributed by atoms with Crippen molar-refractivity contribution in [1.29, 1.82) is 0 Å². The number of ether oxygens (including phenoxy) is 2. The standard InChI is InChI=1S/C25H25F3O2/c1-25(24(27)28,19-11-13-20(29-2)14-12-19)16-6-7-18-10-15-22(26)23(17-18)30-21-8-4-3-5-9-21/h3-5,8-15,17,24H,6-7,16H2,1-2H3. The molecule has 0 aliphatic rings. The molecule has 0 saturated carbocycles. The number of benzene rings is 3. The molecule has 0 N–H and O–H groups in total. The molecule has 1 unspecified atom stereocenters. The van der Waals surface area contributed by atoms with Crippen molar-refractivity contribution < 1.29 is 22.6 Å². The first-order chi connectivity index (χ1) is 14.4. The Morgan fingerprint density at radius 2 is 1.60 bits per heavy atom. The molecule has 3 rings (SSSR count). The topological polar surface area (TPSA) is 18.5 Å². The fourth-order valence-electron chi connectivity index (χ4n) is 3.41. The number of para-hydroxylation sites is 1. The molecule has 0 fully saturated rings. The first-order valence-corrected chi connectivity index (χ1v) is 9.86. The Hall–Kier alpha value is -2.95. The predicted molar refractivity (Wildman–Crippen MR) is 112 cm³/mol. The largest absolute Gasteiger partial charge is 0.497 e. The molecule has 0 aliphatic heterocycles. The molecule has 0 saturated heterocycles. The van der Waals surface area contributed by atoms with Crippen molar-refractivity contribution in [3.63, 3.8) is 0 Å². The Morgan fingerprint density at radius 1 is 0.900 bits per heavy atom. The lowest BCUT2D eigenvalue weighted by molar-refractivity contribution is 0.0526. The number of hydrogen-bond donors (Lipinski definition) is 0. The van der Waals surface area contributed by atoms with Gasteiger partial charge >= 0.3 is 0 Å². The molecule has 0 bridgehead atoms. The van der Waals surface area contributed by atoms with Crippen molar-refractivity contribution >= 4 is 0 Å².